The summed E-state index contributed by atoms with van der Waals surface area (Å²) in [6.45, 7) is 4.61. The Bertz CT molecular complexity index is 840. The molecule has 2 aromatic rings. The first kappa shape index (κ1) is 19.2. The molecule has 3 amide bonds. The van der Waals surface area contributed by atoms with Gasteiger partial charge in [0.15, 0.2) is 0 Å². The van der Waals surface area contributed by atoms with E-state index < -0.39 is 11.6 Å². The van der Waals surface area contributed by atoms with Crippen molar-refractivity contribution in [3.63, 3.8) is 0 Å². The van der Waals surface area contributed by atoms with Crippen molar-refractivity contribution in [1.82, 2.24) is 10.2 Å². The molecule has 1 N–H and O–H groups in total. The summed E-state index contributed by atoms with van der Waals surface area (Å²) in [5, 5.41) is 2.79. The Balaban J connectivity index is 1.62. The standard InChI is InChI=1S/C20H21BrN2O4/c1-3-26-16-7-9-17(10-8-16)27-12-11-23-18(24)20(2,22-19(23)25)14-5-4-6-15(21)13-14/h4-10,13H,3,11-12H2,1-2H3,(H,22,25)/t20-/m0/s1. The van der Waals surface area contributed by atoms with Gasteiger partial charge in [-0.3, -0.25) is 9.69 Å². The Kier molecular flexibility index (Phi) is 5.70. The molecular formula is C20H21BrN2O4. The van der Waals surface area contributed by atoms with Crippen LogP contribution < -0.4 is 14.8 Å². The van der Waals surface area contributed by atoms with Crippen LogP contribution in [0, 0.1) is 0 Å². The molecule has 1 heterocycles. The second-order valence-electron chi connectivity index (χ2n) is 6.28. The van der Waals surface area contributed by atoms with Gasteiger partial charge in [0.05, 0.1) is 13.2 Å². The Hall–Kier alpha value is -2.54. The van der Waals surface area contributed by atoms with Crippen LogP contribution in [0.1, 0.15) is 19.4 Å². The molecule has 1 aliphatic heterocycles. The van der Waals surface area contributed by atoms with E-state index in [2.05, 4.69) is 21.2 Å². The first-order chi connectivity index (χ1) is 12.9. The van der Waals surface area contributed by atoms with Crippen LogP contribution in [0.4, 0.5) is 4.79 Å². The van der Waals surface area contributed by atoms with Crippen molar-refractivity contribution in [3.05, 3.63) is 58.6 Å². The second-order valence-corrected chi connectivity index (χ2v) is 7.19. The smallest absolute Gasteiger partial charge is 0.325 e. The third-order valence-corrected chi connectivity index (χ3v) is 4.89. The van der Waals surface area contributed by atoms with Gasteiger partial charge in [-0.1, -0.05) is 28.1 Å². The monoisotopic (exact) mass is 432 g/mol. The molecule has 27 heavy (non-hydrogen) atoms. The summed E-state index contributed by atoms with van der Waals surface area (Å²) in [6.07, 6.45) is 0. The molecule has 1 atom stereocenters. The van der Waals surface area contributed by atoms with Crippen LogP contribution in [0.15, 0.2) is 53.0 Å². The number of benzene rings is 2. The zero-order chi connectivity index (χ0) is 19.4. The number of hydrogen-bond acceptors (Lipinski definition) is 4. The van der Waals surface area contributed by atoms with Gasteiger partial charge >= 0.3 is 6.03 Å². The van der Waals surface area contributed by atoms with Gasteiger partial charge in [0.1, 0.15) is 23.6 Å². The minimum Gasteiger partial charge on any atom is -0.494 e. The van der Waals surface area contributed by atoms with Crippen molar-refractivity contribution in [3.8, 4) is 11.5 Å². The lowest BCUT2D eigenvalue weighted by Crippen LogP contribution is -2.41. The average molecular weight is 433 g/mol. The zero-order valence-electron chi connectivity index (χ0n) is 15.2. The maximum Gasteiger partial charge on any atom is 0.325 e. The van der Waals surface area contributed by atoms with Gasteiger partial charge in [0.2, 0.25) is 0 Å². The molecule has 0 bridgehead atoms. The number of nitrogens with one attached hydrogen (secondary N) is 1. The van der Waals surface area contributed by atoms with E-state index >= 15 is 0 Å². The summed E-state index contributed by atoms with van der Waals surface area (Å²) >= 11 is 3.40. The predicted octanol–water partition coefficient (Wildman–Crippen LogP) is 3.69. The third kappa shape index (κ3) is 4.08. The van der Waals surface area contributed by atoms with Gasteiger partial charge in [-0.05, 0) is 55.8 Å². The van der Waals surface area contributed by atoms with E-state index in [1.165, 1.54) is 4.90 Å². The number of nitrogens with zero attached hydrogens (tertiary/aromatic N) is 1. The summed E-state index contributed by atoms with van der Waals surface area (Å²) in [4.78, 5) is 26.4. The Morgan fingerprint density at radius 1 is 1.07 bits per heavy atom. The molecule has 7 heteroatoms. The van der Waals surface area contributed by atoms with Gasteiger partial charge in [-0.25, -0.2) is 4.79 Å². The molecule has 1 fully saturated rings. The van der Waals surface area contributed by atoms with E-state index in [-0.39, 0.29) is 19.1 Å². The number of hydrogen-bond donors (Lipinski definition) is 1. The number of imide groups is 1. The Morgan fingerprint density at radius 2 is 1.74 bits per heavy atom. The third-order valence-electron chi connectivity index (χ3n) is 4.40. The van der Waals surface area contributed by atoms with E-state index in [4.69, 9.17) is 9.47 Å². The van der Waals surface area contributed by atoms with Crippen LogP contribution in [-0.2, 0) is 10.3 Å². The topological polar surface area (TPSA) is 67.9 Å². The molecular weight excluding hydrogens is 412 g/mol. The highest BCUT2D eigenvalue weighted by atomic mass is 79.9. The Labute approximate surface area is 166 Å². The highest BCUT2D eigenvalue weighted by Gasteiger charge is 2.48. The normalized spacial score (nSPS) is 19.1. The van der Waals surface area contributed by atoms with E-state index in [1.807, 2.05) is 43.3 Å². The van der Waals surface area contributed by atoms with E-state index in [0.29, 0.717) is 12.4 Å². The number of halogens is 1. The average Bonchev–Trinajstić information content (AvgIpc) is 2.87. The minimum absolute atomic E-state index is 0.168. The van der Waals surface area contributed by atoms with E-state index in [0.717, 1.165) is 15.8 Å². The lowest BCUT2D eigenvalue weighted by molar-refractivity contribution is -0.131. The summed E-state index contributed by atoms with van der Waals surface area (Å²) in [7, 11) is 0. The number of carbonyl (C=O) groups excluding carboxylic acids is 2. The summed E-state index contributed by atoms with van der Waals surface area (Å²) in [5.74, 6) is 1.13. The molecule has 0 spiro atoms. The lowest BCUT2D eigenvalue weighted by atomic mass is 9.92. The number of carbonyl (C=O) groups is 2. The van der Waals surface area contributed by atoms with Crippen molar-refractivity contribution in [2.24, 2.45) is 0 Å². The van der Waals surface area contributed by atoms with Crippen LogP contribution in [0.25, 0.3) is 0 Å². The van der Waals surface area contributed by atoms with Crippen molar-refractivity contribution >= 4 is 27.9 Å². The molecule has 0 aromatic heterocycles. The molecule has 0 aliphatic carbocycles. The molecule has 1 aliphatic rings. The molecule has 6 nitrogen and oxygen atoms in total. The van der Waals surface area contributed by atoms with Gasteiger partial charge in [0, 0.05) is 4.47 Å². The highest BCUT2D eigenvalue weighted by molar-refractivity contribution is 9.10. The fourth-order valence-electron chi connectivity index (χ4n) is 2.95. The Morgan fingerprint density at radius 3 is 2.37 bits per heavy atom. The van der Waals surface area contributed by atoms with E-state index in [9.17, 15) is 9.59 Å². The van der Waals surface area contributed by atoms with E-state index in [1.54, 1.807) is 19.1 Å². The zero-order valence-corrected chi connectivity index (χ0v) is 16.8. The van der Waals surface area contributed by atoms with Crippen LogP contribution >= 0.6 is 15.9 Å². The van der Waals surface area contributed by atoms with Gasteiger partial charge in [-0.15, -0.1) is 0 Å². The van der Waals surface area contributed by atoms with Crippen LogP contribution in [0.3, 0.4) is 0 Å². The fourth-order valence-corrected chi connectivity index (χ4v) is 3.35. The lowest BCUT2D eigenvalue weighted by Gasteiger charge is -2.22. The predicted molar refractivity (Wildman–Crippen MR) is 105 cm³/mol. The number of rotatable bonds is 7. The van der Waals surface area contributed by atoms with Crippen LogP contribution in [0.5, 0.6) is 11.5 Å². The minimum atomic E-state index is -1.08. The number of ether oxygens (including phenoxy) is 2. The molecule has 0 radical (unpaired) electrons. The first-order valence-electron chi connectivity index (χ1n) is 8.70. The quantitative estimate of drug-likeness (QED) is 0.677. The van der Waals surface area contributed by atoms with Gasteiger partial charge in [0.25, 0.3) is 5.91 Å². The fraction of sp³-hybridized carbons (Fsp3) is 0.300. The maximum absolute atomic E-state index is 12.9. The number of urea groups is 1. The molecule has 2 aromatic carbocycles. The van der Waals surface area contributed by atoms with Gasteiger partial charge in [-0.2, -0.15) is 0 Å². The molecule has 0 unspecified atom stereocenters. The van der Waals surface area contributed by atoms with Crippen molar-refractivity contribution < 1.29 is 19.1 Å². The summed E-state index contributed by atoms with van der Waals surface area (Å²) in [6, 6.07) is 14.2. The van der Waals surface area contributed by atoms with Gasteiger partial charge < -0.3 is 14.8 Å². The highest BCUT2D eigenvalue weighted by Crippen LogP contribution is 2.30. The van der Waals surface area contributed by atoms with Crippen LogP contribution in [0.2, 0.25) is 0 Å². The summed E-state index contributed by atoms with van der Waals surface area (Å²) in [5.41, 5.74) is -0.356. The molecule has 0 saturated carbocycles. The molecule has 142 valence electrons. The maximum atomic E-state index is 12.9. The molecule has 1 saturated heterocycles. The SMILES string of the molecule is CCOc1ccc(OCCN2C(=O)N[C@@](C)(c3cccc(Br)c3)C2=O)cc1. The largest absolute Gasteiger partial charge is 0.494 e. The summed E-state index contributed by atoms with van der Waals surface area (Å²) < 4.78 is 11.9. The number of amides is 3. The van der Waals surface area contributed by atoms with Crippen molar-refractivity contribution in [1.29, 1.82) is 0 Å². The van der Waals surface area contributed by atoms with Crippen molar-refractivity contribution in [2.45, 2.75) is 19.4 Å². The van der Waals surface area contributed by atoms with Crippen molar-refractivity contribution in [2.75, 3.05) is 19.8 Å². The van der Waals surface area contributed by atoms with Crippen LogP contribution in [-0.4, -0.2) is 36.6 Å². The second kappa shape index (κ2) is 8.00. The first-order valence-corrected chi connectivity index (χ1v) is 9.49. The molecule has 3 rings (SSSR count).